The summed E-state index contributed by atoms with van der Waals surface area (Å²) in [4.78, 5) is 13.1. The number of thioether (sulfide) groups is 1. The minimum Gasteiger partial charge on any atom is -0.478 e. The molecule has 1 heterocycles. The van der Waals surface area contributed by atoms with E-state index in [-0.39, 0.29) is 0 Å². The van der Waals surface area contributed by atoms with Crippen molar-refractivity contribution in [3.63, 3.8) is 0 Å². The van der Waals surface area contributed by atoms with Gasteiger partial charge in [0.05, 0.1) is 5.56 Å². The van der Waals surface area contributed by atoms with Crippen molar-refractivity contribution in [3.8, 4) is 0 Å². The summed E-state index contributed by atoms with van der Waals surface area (Å²) >= 11 is 2.01. The van der Waals surface area contributed by atoms with Gasteiger partial charge in [-0.2, -0.15) is 11.8 Å². The maximum atomic E-state index is 10.8. The first-order chi connectivity index (χ1) is 8.06. The predicted octanol–water partition coefficient (Wildman–Crippen LogP) is 2.72. The number of carboxylic acid groups (broad SMARTS) is 1. The minimum absolute atomic E-state index is 0.348. The van der Waals surface area contributed by atoms with Crippen molar-refractivity contribution in [2.75, 3.05) is 18.0 Å². The molecule has 1 aromatic rings. The molecule has 2 rings (SSSR count). The molecule has 0 radical (unpaired) electrons. The minimum atomic E-state index is -0.868. The molecular formula is C13H17NO2S. The van der Waals surface area contributed by atoms with Crippen molar-refractivity contribution in [2.24, 2.45) is 0 Å². The lowest BCUT2D eigenvalue weighted by Crippen LogP contribution is -2.40. The number of nitrogens with zero attached hydrogens (tertiary/aromatic N) is 1. The Morgan fingerprint density at radius 1 is 1.24 bits per heavy atom. The second-order valence-corrected chi connectivity index (χ2v) is 6.40. The third-order valence-electron chi connectivity index (χ3n) is 2.90. The second kappa shape index (κ2) is 5.00. The molecule has 0 saturated carbocycles. The van der Waals surface area contributed by atoms with Crippen molar-refractivity contribution in [1.82, 2.24) is 0 Å². The summed E-state index contributed by atoms with van der Waals surface area (Å²) in [6, 6.07) is 7.15. The van der Waals surface area contributed by atoms with Gasteiger partial charge in [0.1, 0.15) is 0 Å². The average Bonchev–Trinajstić information content (AvgIpc) is 2.28. The zero-order valence-corrected chi connectivity index (χ0v) is 10.9. The molecule has 3 nitrogen and oxygen atoms in total. The van der Waals surface area contributed by atoms with Crippen LogP contribution < -0.4 is 4.90 Å². The lowest BCUT2D eigenvalue weighted by molar-refractivity contribution is 0.0697. The zero-order chi connectivity index (χ0) is 12.4. The first-order valence-corrected chi connectivity index (χ1v) is 6.74. The summed E-state index contributed by atoms with van der Waals surface area (Å²) in [5, 5.41) is 10.1. The predicted molar refractivity (Wildman–Crippen MR) is 72.1 cm³/mol. The standard InChI is InChI=1S/C13H17NO2S/c1-9-7-14(8-10(2)17-9)12-5-3-11(4-6-12)13(15)16/h3-6,9-10H,7-8H2,1-2H3,(H,15,16). The molecule has 0 aliphatic carbocycles. The molecule has 1 saturated heterocycles. The van der Waals surface area contributed by atoms with Gasteiger partial charge in [0, 0.05) is 29.3 Å². The van der Waals surface area contributed by atoms with Gasteiger partial charge in [0.25, 0.3) is 0 Å². The summed E-state index contributed by atoms with van der Waals surface area (Å²) in [7, 11) is 0. The third kappa shape index (κ3) is 2.94. The van der Waals surface area contributed by atoms with Crippen LogP contribution in [0.25, 0.3) is 0 Å². The van der Waals surface area contributed by atoms with E-state index < -0.39 is 5.97 Å². The highest BCUT2D eigenvalue weighted by molar-refractivity contribution is 8.00. The second-order valence-electron chi connectivity index (χ2n) is 4.51. The van der Waals surface area contributed by atoms with Crippen molar-refractivity contribution in [3.05, 3.63) is 29.8 Å². The summed E-state index contributed by atoms with van der Waals surface area (Å²) < 4.78 is 0. The first-order valence-electron chi connectivity index (χ1n) is 5.80. The number of hydrogen-bond donors (Lipinski definition) is 1. The number of aromatic carboxylic acids is 1. The molecule has 4 heteroatoms. The molecule has 0 aromatic heterocycles. The maximum Gasteiger partial charge on any atom is 0.335 e. The number of carbonyl (C=O) groups is 1. The Morgan fingerprint density at radius 2 is 1.76 bits per heavy atom. The van der Waals surface area contributed by atoms with Crippen molar-refractivity contribution in [1.29, 1.82) is 0 Å². The van der Waals surface area contributed by atoms with Gasteiger partial charge in [-0.05, 0) is 24.3 Å². The van der Waals surface area contributed by atoms with Crippen LogP contribution in [0.2, 0.25) is 0 Å². The number of rotatable bonds is 2. The number of benzene rings is 1. The van der Waals surface area contributed by atoms with Crippen molar-refractivity contribution in [2.45, 2.75) is 24.3 Å². The molecule has 1 aliphatic rings. The highest BCUT2D eigenvalue weighted by Gasteiger charge is 2.22. The van der Waals surface area contributed by atoms with Crippen LogP contribution in [0.15, 0.2) is 24.3 Å². The van der Waals surface area contributed by atoms with E-state index in [0.717, 1.165) is 18.8 Å². The van der Waals surface area contributed by atoms with E-state index >= 15 is 0 Å². The molecule has 92 valence electrons. The van der Waals surface area contributed by atoms with Crippen LogP contribution in [-0.2, 0) is 0 Å². The van der Waals surface area contributed by atoms with Crippen LogP contribution in [-0.4, -0.2) is 34.7 Å². The monoisotopic (exact) mass is 251 g/mol. The number of hydrogen-bond acceptors (Lipinski definition) is 3. The number of anilines is 1. The highest BCUT2D eigenvalue weighted by Crippen LogP contribution is 2.28. The quantitative estimate of drug-likeness (QED) is 0.877. The Morgan fingerprint density at radius 3 is 2.24 bits per heavy atom. The molecule has 17 heavy (non-hydrogen) atoms. The smallest absolute Gasteiger partial charge is 0.335 e. The van der Waals surface area contributed by atoms with Crippen LogP contribution in [0.3, 0.4) is 0 Å². The summed E-state index contributed by atoms with van der Waals surface area (Å²) in [6.45, 7) is 6.53. The Hall–Kier alpha value is -1.16. The molecule has 0 spiro atoms. The van der Waals surface area contributed by atoms with Gasteiger partial charge in [-0.3, -0.25) is 0 Å². The summed E-state index contributed by atoms with van der Waals surface area (Å²) in [6.07, 6.45) is 0. The van der Waals surface area contributed by atoms with Crippen molar-refractivity contribution < 1.29 is 9.90 Å². The normalized spacial score (nSPS) is 24.7. The van der Waals surface area contributed by atoms with Gasteiger partial charge in [0.2, 0.25) is 0 Å². The van der Waals surface area contributed by atoms with E-state index in [1.165, 1.54) is 0 Å². The van der Waals surface area contributed by atoms with Crippen molar-refractivity contribution >= 4 is 23.4 Å². The van der Waals surface area contributed by atoms with E-state index in [1.54, 1.807) is 12.1 Å². The molecule has 2 atom stereocenters. The lowest BCUT2D eigenvalue weighted by atomic mass is 10.2. The van der Waals surface area contributed by atoms with Crippen LogP contribution in [0.5, 0.6) is 0 Å². The van der Waals surface area contributed by atoms with E-state index in [4.69, 9.17) is 5.11 Å². The fourth-order valence-corrected chi connectivity index (χ4v) is 3.53. The molecule has 0 amide bonds. The molecule has 2 unspecified atom stereocenters. The van der Waals surface area contributed by atoms with Gasteiger partial charge in [-0.1, -0.05) is 13.8 Å². The molecule has 1 aliphatic heterocycles. The molecule has 1 aromatic carbocycles. The van der Waals surface area contributed by atoms with E-state index in [2.05, 4.69) is 18.7 Å². The first kappa shape index (κ1) is 12.3. The Kier molecular flexibility index (Phi) is 3.62. The molecule has 0 bridgehead atoms. The number of carboxylic acids is 1. The van der Waals surface area contributed by atoms with Crippen LogP contribution >= 0.6 is 11.8 Å². The Bertz CT molecular complexity index is 394. The van der Waals surface area contributed by atoms with E-state index in [1.807, 2.05) is 23.9 Å². The van der Waals surface area contributed by atoms with Gasteiger partial charge < -0.3 is 10.0 Å². The SMILES string of the molecule is CC1CN(c2ccc(C(=O)O)cc2)CC(C)S1. The van der Waals surface area contributed by atoms with Crippen LogP contribution in [0, 0.1) is 0 Å². The summed E-state index contributed by atoms with van der Waals surface area (Å²) in [5.41, 5.74) is 1.47. The van der Waals surface area contributed by atoms with E-state index in [0.29, 0.717) is 16.1 Å². The topological polar surface area (TPSA) is 40.5 Å². The van der Waals surface area contributed by atoms with Gasteiger partial charge >= 0.3 is 5.97 Å². The van der Waals surface area contributed by atoms with Crippen LogP contribution in [0.4, 0.5) is 5.69 Å². The maximum absolute atomic E-state index is 10.8. The highest BCUT2D eigenvalue weighted by atomic mass is 32.2. The van der Waals surface area contributed by atoms with Gasteiger partial charge in [-0.15, -0.1) is 0 Å². The molecule has 1 N–H and O–H groups in total. The third-order valence-corrected chi connectivity index (χ3v) is 4.13. The van der Waals surface area contributed by atoms with Gasteiger partial charge in [0.15, 0.2) is 0 Å². The molecule has 1 fully saturated rings. The Balaban J connectivity index is 2.14. The fraction of sp³-hybridized carbons (Fsp3) is 0.462. The van der Waals surface area contributed by atoms with Gasteiger partial charge in [-0.25, -0.2) is 4.79 Å². The largest absolute Gasteiger partial charge is 0.478 e. The average molecular weight is 251 g/mol. The Labute approximate surface area is 106 Å². The summed E-state index contributed by atoms with van der Waals surface area (Å²) in [5.74, 6) is -0.868. The molecular weight excluding hydrogens is 234 g/mol. The zero-order valence-electron chi connectivity index (χ0n) is 10.1. The fourth-order valence-electron chi connectivity index (χ4n) is 2.20. The van der Waals surface area contributed by atoms with Crippen LogP contribution in [0.1, 0.15) is 24.2 Å². The lowest BCUT2D eigenvalue weighted by Gasteiger charge is -2.36. The van der Waals surface area contributed by atoms with E-state index in [9.17, 15) is 4.79 Å².